The van der Waals surface area contributed by atoms with Gasteiger partial charge in [-0.2, -0.15) is 0 Å². The van der Waals surface area contributed by atoms with Crippen LogP contribution in [0.4, 0.5) is 0 Å². The van der Waals surface area contributed by atoms with Crippen molar-refractivity contribution in [2.24, 2.45) is 0 Å². The molecule has 5 rings (SSSR count). The second-order valence-electron chi connectivity index (χ2n) is 10.4. The highest BCUT2D eigenvalue weighted by Crippen LogP contribution is 2.46. The van der Waals surface area contributed by atoms with Crippen molar-refractivity contribution >= 4 is 27.5 Å². The highest BCUT2D eigenvalue weighted by atomic mass is 32.1. The van der Waals surface area contributed by atoms with E-state index < -0.39 is 5.97 Å². The summed E-state index contributed by atoms with van der Waals surface area (Å²) in [4.78, 5) is 21.5. The molecule has 2 aromatic carbocycles. The van der Waals surface area contributed by atoms with Gasteiger partial charge in [-0.05, 0) is 73.3 Å². The van der Waals surface area contributed by atoms with Gasteiger partial charge in [0.1, 0.15) is 4.83 Å². The molecule has 192 valence electrons. The Morgan fingerprint density at radius 1 is 1.11 bits per heavy atom. The number of carbonyl (C=O) groups is 1. The quantitative estimate of drug-likeness (QED) is 0.248. The molecule has 1 aliphatic rings. The molecule has 0 amide bonds. The number of benzene rings is 2. The van der Waals surface area contributed by atoms with Crippen molar-refractivity contribution in [1.82, 2.24) is 9.88 Å². The fourth-order valence-corrected chi connectivity index (χ4v) is 7.17. The number of carboxylic acid groups (broad SMARTS) is 1. The first-order valence-corrected chi connectivity index (χ1v) is 14.3. The van der Waals surface area contributed by atoms with Crippen molar-refractivity contribution in [3.8, 4) is 11.1 Å². The minimum atomic E-state index is -0.717. The van der Waals surface area contributed by atoms with Crippen molar-refractivity contribution in [2.75, 3.05) is 6.54 Å². The zero-order valence-electron chi connectivity index (χ0n) is 22.1. The summed E-state index contributed by atoms with van der Waals surface area (Å²) in [7, 11) is 0. The Kier molecular flexibility index (Phi) is 7.73. The predicted molar refractivity (Wildman–Crippen MR) is 153 cm³/mol. The number of nitrogens with zero attached hydrogens (tertiary/aromatic N) is 2. The Labute approximate surface area is 224 Å². The maximum atomic E-state index is 11.2. The van der Waals surface area contributed by atoms with Crippen LogP contribution in [-0.2, 0) is 24.3 Å². The molecule has 0 spiro atoms. The minimum Gasteiger partial charge on any atom is -0.481 e. The van der Waals surface area contributed by atoms with E-state index in [2.05, 4.69) is 80.3 Å². The van der Waals surface area contributed by atoms with Gasteiger partial charge in [0.25, 0.3) is 0 Å². The monoisotopic (exact) mass is 512 g/mol. The molecule has 0 fully saturated rings. The average Bonchev–Trinajstić information content (AvgIpc) is 3.24. The van der Waals surface area contributed by atoms with Crippen LogP contribution in [-0.4, -0.2) is 27.5 Å². The summed E-state index contributed by atoms with van der Waals surface area (Å²) in [5.74, 6) is -0.424. The molecule has 37 heavy (non-hydrogen) atoms. The second-order valence-corrected chi connectivity index (χ2v) is 11.5. The van der Waals surface area contributed by atoms with Crippen LogP contribution in [0.1, 0.15) is 71.3 Å². The molecule has 3 heterocycles. The first-order chi connectivity index (χ1) is 17.9. The number of carboxylic acids is 1. The number of fused-ring (bicyclic) bond motifs is 3. The third-order valence-electron chi connectivity index (χ3n) is 7.73. The lowest BCUT2D eigenvalue weighted by Crippen LogP contribution is -2.29. The summed E-state index contributed by atoms with van der Waals surface area (Å²) in [6.45, 7) is 9.47. The number of hydrogen-bond acceptors (Lipinski definition) is 4. The van der Waals surface area contributed by atoms with Gasteiger partial charge in [0.2, 0.25) is 0 Å². The molecule has 1 N–H and O–H groups in total. The summed E-state index contributed by atoms with van der Waals surface area (Å²) in [6.07, 6.45) is 3.78. The lowest BCUT2D eigenvalue weighted by Gasteiger charge is -2.27. The molecule has 0 aliphatic carbocycles. The van der Waals surface area contributed by atoms with Gasteiger partial charge in [-0.3, -0.25) is 9.69 Å². The van der Waals surface area contributed by atoms with Crippen LogP contribution in [0.3, 0.4) is 0 Å². The highest BCUT2D eigenvalue weighted by molar-refractivity contribution is 7.19. The van der Waals surface area contributed by atoms with Gasteiger partial charge in [0.05, 0.1) is 0 Å². The Hall–Kier alpha value is -3.02. The topological polar surface area (TPSA) is 53.4 Å². The van der Waals surface area contributed by atoms with Gasteiger partial charge in [-0.15, -0.1) is 11.3 Å². The smallest absolute Gasteiger partial charge is 0.303 e. The molecule has 0 radical (unpaired) electrons. The zero-order chi connectivity index (χ0) is 25.9. The molecule has 4 aromatic rings. The zero-order valence-corrected chi connectivity index (χ0v) is 22.9. The van der Waals surface area contributed by atoms with Gasteiger partial charge in [-0.25, -0.2) is 4.98 Å². The summed E-state index contributed by atoms with van der Waals surface area (Å²) in [6, 6.07) is 19.6. The Balaban J connectivity index is 1.60. The van der Waals surface area contributed by atoms with Gasteiger partial charge in [0.15, 0.2) is 0 Å². The van der Waals surface area contributed by atoms with Crippen LogP contribution in [0.5, 0.6) is 0 Å². The maximum Gasteiger partial charge on any atom is 0.303 e. The van der Waals surface area contributed by atoms with E-state index in [0.29, 0.717) is 12.3 Å². The standard InChI is InChI=1S/C32H36N2O2S/c1-4-24(11-8-12-28(35)36)29-22(3)33-32-31(30(29)25-15-13-21(2)14-16-25)26-17-18-34(20-27(26)37-32)19-23-9-6-5-7-10-23/h5-7,9-10,13-16,24H,4,8,11-12,17-20H2,1-3H3,(H,35,36). The molecule has 0 bridgehead atoms. The normalized spacial score (nSPS) is 14.6. The van der Waals surface area contributed by atoms with Crippen LogP contribution < -0.4 is 0 Å². The minimum absolute atomic E-state index is 0.218. The molecule has 0 saturated carbocycles. The number of hydrogen-bond donors (Lipinski definition) is 1. The molecule has 1 unspecified atom stereocenters. The van der Waals surface area contributed by atoms with E-state index in [1.54, 1.807) is 0 Å². The summed E-state index contributed by atoms with van der Waals surface area (Å²) in [5, 5.41) is 10.6. The Morgan fingerprint density at radius 3 is 2.57 bits per heavy atom. The number of aliphatic carboxylic acids is 1. The van der Waals surface area contributed by atoms with Crippen LogP contribution in [0.15, 0.2) is 54.6 Å². The molecule has 1 aliphatic heterocycles. The van der Waals surface area contributed by atoms with E-state index >= 15 is 0 Å². The predicted octanol–water partition coefficient (Wildman–Crippen LogP) is 7.89. The van der Waals surface area contributed by atoms with Crippen LogP contribution in [0.2, 0.25) is 0 Å². The van der Waals surface area contributed by atoms with E-state index in [9.17, 15) is 9.90 Å². The average molecular weight is 513 g/mol. The highest BCUT2D eigenvalue weighted by Gasteiger charge is 2.28. The second kappa shape index (κ2) is 11.2. The van der Waals surface area contributed by atoms with Crippen molar-refractivity contribution in [3.05, 3.63) is 87.4 Å². The SMILES string of the molecule is CCC(CCCC(=O)O)c1c(C)nc2sc3c(c2c1-c1ccc(C)cc1)CCN(Cc1ccccc1)C3. The summed E-state index contributed by atoms with van der Waals surface area (Å²) < 4.78 is 0. The number of aromatic nitrogens is 1. The van der Waals surface area contributed by atoms with Crippen molar-refractivity contribution in [2.45, 2.75) is 71.9 Å². The third-order valence-corrected chi connectivity index (χ3v) is 8.84. The molecule has 2 aromatic heterocycles. The van der Waals surface area contributed by atoms with E-state index in [1.807, 2.05) is 11.3 Å². The van der Waals surface area contributed by atoms with Crippen LogP contribution >= 0.6 is 11.3 Å². The van der Waals surface area contributed by atoms with Gasteiger partial charge in [-0.1, -0.05) is 67.1 Å². The van der Waals surface area contributed by atoms with Crippen molar-refractivity contribution in [3.63, 3.8) is 0 Å². The number of aryl methyl sites for hydroxylation is 2. The van der Waals surface area contributed by atoms with Gasteiger partial charge < -0.3 is 5.11 Å². The Bertz CT molecular complexity index is 1390. The lowest BCUT2D eigenvalue weighted by molar-refractivity contribution is -0.137. The van der Waals surface area contributed by atoms with E-state index in [0.717, 1.165) is 49.4 Å². The fraction of sp³-hybridized carbons (Fsp3) is 0.375. The largest absolute Gasteiger partial charge is 0.481 e. The number of rotatable bonds is 9. The van der Waals surface area contributed by atoms with Crippen LogP contribution in [0.25, 0.3) is 21.3 Å². The van der Waals surface area contributed by atoms with E-state index in [4.69, 9.17) is 4.98 Å². The number of pyridine rings is 1. The summed E-state index contributed by atoms with van der Waals surface area (Å²) >= 11 is 1.86. The van der Waals surface area contributed by atoms with Crippen LogP contribution in [0, 0.1) is 13.8 Å². The molecule has 5 heteroatoms. The first kappa shape index (κ1) is 25.6. The Morgan fingerprint density at radius 2 is 1.86 bits per heavy atom. The van der Waals surface area contributed by atoms with E-state index in [1.165, 1.54) is 43.6 Å². The maximum absolute atomic E-state index is 11.2. The van der Waals surface area contributed by atoms with E-state index in [-0.39, 0.29) is 6.42 Å². The number of thiophene rings is 1. The molecule has 4 nitrogen and oxygen atoms in total. The molecular weight excluding hydrogens is 476 g/mol. The third kappa shape index (κ3) is 5.48. The fourth-order valence-electron chi connectivity index (χ4n) is 5.86. The lowest BCUT2D eigenvalue weighted by atomic mass is 9.82. The van der Waals surface area contributed by atoms with Gasteiger partial charge in [0, 0.05) is 42.0 Å². The van der Waals surface area contributed by atoms with Crippen molar-refractivity contribution in [1.29, 1.82) is 0 Å². The summed E-state index contributed by atoms with van der Waals surface area (Å²) in [5.41, 5.74) is 9.06. The molecule has 1 atom stereocenters. The van der Waals surface area contributed by atoms with Gasteiger partial charge >= 0.3 is 5.97 Å². The first-order valence-electron chi connectivity index (χ1n) is 13.4. The molecule has 0 saturated heterocycles. The molecular formula is C32H36N2O2S. The van der Waals surface area contributed by atoms with Crippen molar-refractivity contribution < 1.29 is 9.90 Å².